The highest BCUT2D eigenvalue weighted by Gasteiger charge is 2.35. The Bertz CT molecular complexity index is 1550. The third-order valence-corrected chi connectivity index (χ3v) is 7.07. The molecule has 0 bridgehead atoms. The van der Waals surface area contributed by atoms with Gasteiger partial charge in [-0.05, 0) is 29.8 Å². The van der Waals surface area contributed by atoms with Gasteiger partial charge in [0.25, 0.3) is 0 Å². The Morgan fingerprint density at radius 3 is 2.37 bits per heavy atom. The summed E-state index contributed by atoms with van der Waals surface area (Å²) in [6, 6.07) is 31.7. The summed E-state index contributed by atoms with van der Waals surface area (Å²) in [4.78, 5) is 9.96. The van der Waals surface area contributed by atoms with Crippen molar-refractivity contribution in [2.75, 3.05) is 18.5 Å². The molecule has 5 heteroatoms. The first-order valence-electron chi connectivity index (χ1n) is 11.9. The molecule has 5 nitrogen and oxygen atoms in total. The number of hydrogen-bond donors (Lipinski definition) is 1. The lowest BCUT2D eigenvalue weighted by Crippen LogP contribution is -2.43. The van der Waals surface area contributed by atoms with E-state index in [-0.39, 0.29) is 5.41 Å². The molecule has 35 heavy (non-hydrogen) atoms. The van der Waals surface area contributed by atoms with Gasteiger partial charge in [-0.1, -0.05) is 73.7 Å². The lowest BCUT2D eigenvalue weighted by molar-refractivity contribution is -0.0500. The van der Waals surface area contributed by atoms with Crippen LogP contribution in [0.4, 0.5) is 11.5 Å². The SMILES string of the molecule is CC1(c2ccc(-c3c(-c4ccccc4)nc4n3-c3cccnc3Nc3ccccc3-4)cc2)COC1. The van der Waals surface area contributed by atoms with E-state index in [0.717, 1.165) is 64.3 Å². The first-order valence-corrected chi connectivity index (χ1v) is 11.9. The van der Waals surface area contributed by atoms with Crippen LogP contribution in [-0.4, -0.2) is 27.7 Å². The first-order chi connectivity index (χ1) is 17.2. The van der Waals surface area contributed by atoms with Crippen molar-refractivity contribution in [1.82, 2.24) is 14.5 Å². The molecule has 3 aromatic carbocycles. The van der Waals surface area contributed by atoms with Gasteiger partial charge in [-0.2, -0.15) is 0 Å². The van der Waals surface area contributed by atoms with E-state index in [0.29, 0.717) is 0 Å². The first kappa shape index (κ1) is 20.2. The van der Waals surface area contributed by atoms with Gasteiger partial charge in [0, 0.05) is 28.3 Å². The Hall–Kier alpha value is -4.22. The van der Waals surface area contributed by atoms with Crippen LogP contribution < -0.4 is 5.32 Å². The zero-order valence-electron chi connectivity index (χ0n) is 19.4. The molecule has 1 saturated heterocycles. The highest BCUT2D eigenvalue weighted by Crippen LogP contribution is 2.44. The predicted molar refractivity (Wildman–Crippen MR) is 139 cm³/mol. The number of pyridine rings is 1. The number of hydrogen-bond acceptors (Lipinski definition) is 4. The zero-order chi connectivity index (χ0) is 23.4. The Morgan fingerprint density at radius 1 is 0.829 bits per heavy atom. The number of nitrogens with one attached hydrogen (secondary N) is 1. The van der Waals surface area contributed by atoms with E-state index >= 15 is 0 Å². The molecule has 0 saturated carbocycles. The average molecular weight is 457 g/mol. The monoisotopic (exact) mass is 456 g/mol. The fraction of sp³-hybridized carbons (Fsp3) is 0.133. The van der Waals surface area contributed by atoms with E-state index in [1.807, 2.05) is 24.4 Å². The minimum Gasteiger partial charge on any atom is -0.379 e. The van der Waals surface area contributed by atoms with Crippen LogP contribution in [0.2, 0.25) is 0 Å². The number of nitrogens with zero attached hydrogens (tertiary/aromatic N) is 3. The van der Waals surface area contributed by atoms with Crippen molar-refractivity contribution in [3.63, 3.8) is 0 Å². The number of ether oxygens (including phenoxy) is 1. The number of aromatic nitrogens is 3. The third-order valence-electron chi connectivity index (χ3n) is 7.07. The summed E-state index contributed by atoms with van der Waals surface area (Å²) >= 11 is 0. The molecule has 0 spiro atoms. The van der Waals surface area contributed by atoms with Gasteiger partial charge in [0.15, 0.2) is 5.82 Å². The topological polar surface area (TPSA) is 52.0 Å². The van der Waals surface area contributed by atoms with E-state index in [1.54, 1.807) is 0 Å². The van der Waals surface area contributed by atoms with Gasteiger partial charge >= 0.3 is 0 Å². The number of anilines is 2. The average Bonchev–Trinajstić information content (AvgIpc) is 3.22. The molecule has 170 valence electrons. The second-order valence-corrected chi connectivity index (χ2v) is 9.51. The summed E-state index contributed by atoms with van der Waals surface area (Å²) in [6.45, 7) is 3.80. The van der Waals surface area contributed by atoms with Crippen LogP contribution in [-0.2, 0) is 10.2 Å². The van der Waals surface area contributed by atoms with Crippen LogP contribution in [0.5, 0.6) is 0 Å². The largest absolute Gasteiger partial charge is 0.379 e. The molecule has 2 aliphatic rings. The van der Waals surface area contributed by atoms with Gasteiger partial charge in [-0.25, -0.2) is 9.97 Å². The van der Waals surface area contributed by atoms with Gasteiger partial charge in [0.2, 0.25) is 0 Å². The van der Waals surface area contributed by atoms with Crippen LogP contribution in [0.3, 0.4) is 0 Å². The molecule has 4 heterocycles. The number of fused-ring (bicyclic) bond motifs is 5. The van der Waals surface area contributed by atoms with E-state index < -0.39 is 0 Å². The summed E-state index contributed by atoms with van der Waals surface area (Å²) in [7, 11) is 0. The summed E-state index contributed by atoms with van der Waals surface area (Å²) in [5, 5.41) is 3.53. The number of imidazole rings is 1. The molecule has 2 aliphatic heterocycles. The van der Waals surface area contributed by atoms with E-state index in [2.05, 4.69) is 94.6 Å². The molecule has 1 N–H and O–H groups in total. The second-order valence-electron chi connectivity index (χ2n) is 9.51. The van der Waals surface area contributed by atoms with E-state index in [4.69, 9.17) is 9.72 Å². The minimum absolute atomic E-state index is 0.0918. The van der Waals surface area contributed by atoms with Crippen molar-refractivity contribution in [2.24, 2.45) is 0 Å². The molecule has 2 aromatic heterocycles. The zero-order valence-corrected chi connectivity index (χ0v) is 19.4. The number of benzene rings is 3. The van der Waals surface area contributed by atoms with Gasteiger partial charge < -0.3 is 10.1 Å². The summed E-state index contributed by atoms with van der Waals surface area (Å²) < 4.78 is 7.76. The van der Waals surface area contributed by atoms with Crippen molar-refractivity contribution in [3.05, 3.63) is 103 Å². The van der Waals surface area contributed by atoms with Crippen LogP contribution in [0.15, 0.2) is 97.2 Å². The van der Waals surface area contributed by atoms with E-state index in [1.165, 1.54) is 5.56 Å². The van der Waals surface area contributed by atoms with Gasteiger partial charge in [-0.3, -0.25) is 4.57 Å². The molecule has 0 radical (unpaired) electrons. The Kier molecular flexibility index (Phi) is 4.41. The van der Waals surface area contributed by atoms with Crippen LogP contribution in [0.25, 0.3) is 39.6 Å². The van der Waals surface area contributed by atoms with Crippen molar-refractivity contribution in [1.29, 1.82) is 0 Å². The summed E-state index contributed by atoms with van der Waals surface area (Å²) in [5.74, 6) is 1.71. The number of para-hydroxylation sites is 1. The van der Waals surface area contributed by atoms with Crippen LogP contribution >= 0.6 is 0 Å². The third kappa shape index (κ3) is 3.12. The standard InChI is InChI=1S/C30H24N4O/c1-30(18-35-19-30)22-15-13-21(14-16-22)27-26(20-8-3-2-4-9-20)33-29-23-10-5-6-11-24(23)32-28-25(34(27)29)12-7-17-31-28/h2-17H,18-19H2,1H3,(H,31,32). The lowest BCUT2D eigenvalue weighted by Gasteiger charge is -2.38. The highest BCUT2D eigenvalue weighted by atomic mass is 16.5. The van der Waals surface area contributed by atoms with Crippen LogP contribution in [0, 0.1) is 0 Å². The maximum absolute atomic E-state index is 5.50. The molecule has 0 unspecified atom stereocenters. The molecule has 1 fully saturated rings. The fourth-order valence-electron chi connectivity index (χ4n) is 5.09. The van der Waals surface area contributed by atoms with Crippen molar-refractivity contribution in [3.8, 4) is 39.6 Å². The molecular weight excluding hydrogens is 432 g/mol. The van der Waals surface area contributed by atoms with Gasteiger partial charge in [-0.15, -0.1) is 0 Å². The maximum atomic E-state index is 5.50. The van der Waals surface area contributed by atoms with Crippen LogP contribution in [0.1, 0.15) is 12.5 Å². The smallest absolute Gasteiger partial charge is 0.154 e. The van der Waals surface area contributed by atoms with Crippen molar-refractivity contribution < 1.29 is 4.74 Å². The van der Waals surface area contributed by atoms with E-state index in [9.17, 15) is 0 Å². The molecular formula is C30H24N4O. The van der Waals surface area contributed by atoms with Gasteiger partial charge in [0.05, 0.1) is 36.0 Å². The molecule has 0 atom stereocenters. The predicted octanol–water partition coefficient (Wildman–Crippen LogP) is 6.61. The fourth-order valence-corrected chi connectivity index (χ4v) is 5.09. The quantitative estimate of drug-likeness (QED) is 0.325. The molecule has 0 amide bonds. The normalized spacial score (nSPS) is 15.1. The molecule has 0 aliphatic carbocycles. The summed E-state index contributed by atoms with van der Waals surface area (Å²) in [6.07, 6.45) is 1.82. The van der Waals surface area contributed by atoms with Crippen molar-refractivity contribution in [2.45, 2.75) is 12.3 Å². The molecule has 5 aromatic rings. The Labute approximate surface area is 204 Å². The molecule has 7 rings (SSSR count). The lowest BCUT2D eigenvalue weighted by atomic mass is 9.80. The summed E-state index contributed by atoms with van der Waals surface area (Å²) in [5.41, 5.74) is 8.63. The van der Waals surface area contributed by atoms with Gasteiger partial charge in [0.1, 0.15) is 5.82 Å². The Morgan fingerprint density at radius 2 is 1.60 bits per heavy atom. The number of rotatable bonds is 3. The Balaban J connectivity index is 1.53. The second kappa shape index (κ2) is 7.65. The minimum atomic E-state index is 0.0918. The maximum Gasteiger partial charge on any atom is 0.154 e. The van der Waals surface area contributed by atoms with Crippen molar-refractivity contribution >= 4 is 11.5 Å². The highest BCUT2D eigenvalue weighted by molar-refractivity contribution is 5.90.